The van der Waals surface area contributed by atoms with E-state index in [4.69, 9.17) is 27.9 Å². The van der Waals surface area contributed by atoms with E-state index in [1.807, 2.05) is 4.90 Å². The van der Waals surface area contributed by atoms with Gasteiger partial charge in [-0.2, -0.15) is 0 Å². The molecular formula is C15H19Cl2NO2. The summed E-state index contributed by atoms with van der Waals surface area (Å²) in [7, 11) is 0. The summed E-state index contributed by atoms with van der Waals surface area (Å²) in [5, 5.41) is 0.657. The maximum atomic E-state index is 12.2. The summed E-state index contributed by atoms with van der Waals surface area (Å²) in [6, 6.07) is 7.37. The van der Waals surface area contributed by atoms with E-state index in [1.165, 1.54) is 0 Å². The summed E-state index contributed by atoms with van der Waals surface area (Å²) in [5.41, 5.74) is 0. The van der Waals surface area contributed by atoms with Gasteiger partial charge in [-0.3, -0.25) is 4.79 Å². The average molecular weight is 316 g/mol. The Morgan fingerprint density at radius 1 is 1.35 bits per heavy atom. The van der Waals surface area contributed by atoms with E-state index in [0.717, 1.165) is 32.2 Å². The lowest BCUT2D eigenvalue weighted by atomic mass is 10.1. The molecule has 0 aliphatic carbocycles. The number of hydrogen-bond donors (Lipinski definition) is 0. The van der Waals surface area contributed by atoms with Crippen molar-refractivity contribution in [2.75, 3.05) is 19.0 Å². The quantitative estimate of drug-likeness (QED) is 0.749. The summed E-state index contributed by atoms with van der Waals surface area (Å²) in [4.78, 5) is 14.1. The van der Waals surface area contributed by atoms with Crippen LogP contribution in [0.4, 0.5) is 0 Å². The van der Waals surface area contributed by atoms with Crippen LogP contribution in [0.25, 0.3) is 0 Å². The first-order valence-electron chi connectivity index (χ1n) is 6.94. The molecule has 0 radical (unpaired) electrons. The molecule has 0 N–H and O–H groups in total. The second-order valence-corrected chi connectivity index (χ2v) is 5.77. The first-order valence-corrected chi connectivity index (χ1v) is 7.86. The van der Waals surface area contributed by atoms with Crippen LogP contribution in [0.15, 0.2) is 24.3 Å². The first-order chi connectivity index (χ1) is 9.70. The maximum Gasteiger partial charge on any atom is 0.260 e. The fourth-order valence-electron chi connectivity index (χ4n) is 2.54. The molecule has 0 aromatic heterocycles. The molecule has 2 rings (SSSR count). The number of rotatable bonds is 6. The summed E-state index contributed by atoms with van der Waals surface area (Å²) in [5.74, 6) is 1.37. The number of benzene rings is 1. The lowest BCUT2D eigenvalue weighted by Crippen LogP contribution is -2.38. The molecule has 1 atom stereocenters. The molecule has 1 amide bonds. The van der Waals surface area contributed by atoms with Crippen LogP contribution in [0.5, 0.6) is 5.75 Å². The predicted molar refractivity (Wildman–Crippen MR) is 81.6 cm³/mol. The third-order valence-electron chi connectivity index (χ3n) is 3.54. The van der Waals surface area contributed by atoms with E-state index in [-0.39, 0.29) is 12.5 Å². The van der Waals surface area contributed by atoms with E-state index in [2.05, 4.69) is 0 Å². The molecular weight excluding hydrogens is 297 g/mol. The van der Waals surface area contributed by atoms with Crippen molar-refractivity contribution in [1.29, 1.82) is 0 Å². The molecule has 1 heterocycles. The van der Waals surface area contributed by atoms with Crippen LogP contribution in [-0.4, -0.2) is 35.9 Å². The minimum Gasteiger partial charge on any atom is -0.484 e. The number of amides is 1. The van der Waals surface area contributed by atoms with E-state index < -0.39 is 0 Å². The maximum absolute atomic E-state index is 12.2. The van der Waals surface area contributed by atoms with Crippen LogP contribution in [0.3, 0.4) is 0 Å². The van der Waals surface area contributed by atoms with Gasteiger partial charge in [0, 0.05) is 23.5 Å². The summed E-state index contributed by atoms with van der Waals surface area (Å²) in [6.45, 7) is 0.911. The average Bonchev–Trinajstić information content (AvgIpc) is 2.92. The number of alkyl halides is 1. The third kappa shape index (κ3) is 4.29. The Kier molecular flexibility index (Phi) is 5.99. The van der Waals surface area contributed by atoms with Gasteiger partial charge in [-0.25, -0.2) is 0 Å². The molecule has 0 spiro atoms. The molecule has 0 saturated carbocycles. The highest BCUT2D eigenvalue weighted by Gasteiger charge is 2.28. The fourth-order valence-corrected chi connectivity index (χ4v) is 2.82. The van der Waals surface area contributed by atoms with Crippen LogP contribution in [0, 0.1) is 0 Å². The van der Waals surface area contributed by atoms with Crippen molar-refractivity contribution in [2.24, 2.45) is 0 Å². The molecule has 1 fully saturated rings. The van der Waals surface area contributed by atoms with Crippen LogP contribution in [0.2, 0.25) is 5.02 Å². The van der Waals surface area contributed by atoms with Gasteiger partial charge in [-0.1, -0.05) is 11.6 Å². The summed E-state index contributed by atoms with van der Waals surface area (Å²) >= 11 is 11.5. The molecule has 1 aromatic carbocycles. The number of likely N-dealkylation sites (tertiary alicyclic amines) is 1. The van der Waals surface area contributed by atoms with Crippen molar-refractivity contribution >= 4 is 29.1 Å². The molecule has 1 saturated heterocycles. The number of nitrogens with zero attached hydrogens (tertiary/aromatic N) is 1. The van der Waals surface area contributed by atoms with Gasteiger partial charge < -0.3 is 9.64 Å². The van der Waals surface area contributed by atoms with Crippen molar-refractivity contribution in [3.63, 3.8) is 0 Å². The van der Waals surface area contributed by atoms with Gasteiger partial charge in [0.15, 0.2) is 6.61 Å². The fraction of sp³-hybridized carbons (Fsp3) is 0.533. The zero-order valence-electron chi connectivity index (χ0n) is 11.4. The highest BCUT2D eigenvalue weighted by atomic mass is 35.5. The second kappa shape index (κ2) is 7.75. The highest BCUT2D eigenvalue weighted by molar-refractivity contribution is 6.30. The van der Waals surface area contributed by atoms with Gasteiger partial charge in [0.2, 0.25) is 0 Å². The zero-order valence-corrected chi connectivity index (χ0v) is 12.9. The van der Waals surface area contributed by atoms with E-state index in [0.29, 0.717) is 22.7 Å². The largest absolute Gasteiger partial charge is 0.484 e. The van der Waals surface area contributed by atoms with Crippen molar-refractivity contribution in [3.8, 4) is 5.75 Å². The Morgan fingerprint density at radius 3 is 2.80 bits per heavy atom. The third-order valence-corrected chi connectivity index (χ3v) is 4.06. The lowest BCUT2D eigenvalue weighted by molar-refractivity contribution is -0.134. The predicted octanol–water partition coefficient (Wildman–Crippen LogP) is 3.73. The molecule has 3 nitrogen and oxygen atoms in total. The topological polar surface area (TPSA) is 29.5 Å². The molecule has 20 heavy (non-hydrogen) atoms. The van der Waals surface area contributed by atoms with E-state index >= 15 is 0 Å². The Balaban J connectivity index is 1.83. The summed E-state index contributed by atoms with van der Waals surface area (Å²) in [6.07, 6.45) is 4.08. The Morgan fingerprint density at radius 2 is 2.10 bits per heavy atom. The first kappa shape index (κ1) is 15.5. The summed E-state index contributed by atoms with van der Waals surface area (Å²) < 4.78 is 5.51. The lowest BCUT2D eigenvalue weighted by Gasteiger charge is -2.24. The standard InChI is InChI=1S/C15H19Cl2NO2/c16-9-1-3-13-4-2-10-18(13)15(19)11-20-14-7-5-12(17)6-8-14/h5-8,13H,1-4,9-11H2. The molecule has 0 bridgehead atoms. The number of halogens is 2. The van der Waals surface area contributed by atoms with Gasteiger partial charge >= 0.3 is 0 Å². The SMILES string of the molecule is O=C(COc1ccc(Cl)cc1)N1CCCC1CCCCl. The number of carbonyl (C=O) groups excluding carboxylic acids is 1. The van der Waals surface area contributed by atoms with Crippen molar-refractivity contribution in [2.45, 2.75) is 31.7 Å². The van der Waals surface area contributed by atoms with E-state index in [1.54, 1.807) is 24.3 Å². The van der Waals surface area contributed by atoms with Gasteiger partial charge in [0.1, 0.15) is 5.75 Å². The number of ether oxygens (including phenoxy) is 1. The zero-order chi connectivity index (χ0) is 14.4. The highest BCUT2D eigenvalue weighted by Crippen LogP contribution is 2.22. The van der Waals surface area contributed by atoms with Crippen molar-refractivity contribution < 1.29 is 9.53 Å². The van der Waals surface area contributed by atoms with Gasteiger partial charge in [0.05, 0.1) is 0 Å². The van der Waals surface area contributed by atoms with Crippen molar-refractivity contribution in [3.05, 3.63) is 29.3 Å². The van der Waals surface area contributed by atoms with Crippen LogP contribution in [-0.2, 0) is 4.79 Å². The normalized spacial score (nSPS) is 18.3. The van der Waals surface area contributed by atoms with Gasteiger partial charge in [-0.15, -0.1) is 11.6 Å². The Hall–Kier alpha value is -0.930. The smallest absolute Gasteiger partial charge is 0.260 e. The van der Waals surface area contributed by atoms with Crippen LogP contribution >= 0.6 is 23.2 Å². The number of hydrogen-bond acceptors (Lipinski definition) is 2. The Bertz CT molecular complexity index is 436. The monoisotopic (exact) mass is 315 g/mol. The van der Waals surface area contributed by atoms with Crippen LogP contribution in [0.1, 0.15) is 25.7 Å². The van der Waals surface area contributed by atoms with Crippen LogP contribution < -0.4 is 4.74 Å². The minimum absolute atomic E-state index is 0.0528. The molecule has 5 heteroatoms. The molecule has 1 aliphatic heterocycles. The van der Waals surface area contributed by atoms with E-state index in [9.17, 15) is 4.79 Å². The molecule has 110 valence electrons. The molecule has 1 unspecified atom stereocenters. The second-order valence-electron chi connectivity index (χ2n) is 4.96. The minimum atomic E-state index is 0.0528. The van der Waals surface area contributed by atoms with Crippen molar-refractivity contribution in [1.82, 2.24) is 4.90 Å². The molecule has 1 aliphatic rings. The van der Waals surface area contributed by atoms with Gasteiger partial charge in [0.25, 0.3) is 5.91 Å². The van der Waals surface area contributed by atoms with Gasteiger partial charge in [-0.05, 0) is 49.9 Å². The number of carbonyl (C=O) groups is 1. The Labute approximate surface area is 129 Å². The molecule has 1 aromatic rings.